The summed E-state index contributed by atoms with van der Waals surface area (Å²) in [5, 5.41) is 0. The van der Waals surface area contributed by atoms with E-state index in [1.54, 1.807) is 11.6 Å². The molecular weight excluding hydrogens is 170 g/mol. The third-order valence-corrected chi connectivity index (χ3v) is 2.33. The second-order valence-electron chi connectivity index (χ2n) is 2.85. The number of hydrogen-bond donors (Lipinski definition) is 0. The third kappa shape index (κ3) is 2.01. The first-order valence-electron chi connectivity index (χ1n) is 3.70. The summed E-state index contributed by atoms with van der Waals surface area (Å²) >= 11 is 1.39. The SMILES string of the molecule is CC(C)=CC(=O)c1scnc1C. The predicted molar refractivity (Wildman–Crippen MR) is 50.6 cm³/mol. The van der Waals surface area contributed by atoms with Crippen LogP contribution in [0.3, 0.4) is 0 Å². The minimum absolute atomic E-state index is 0.0648. The Morgan fingerprint density at radius 1 is 1.58 bits per heavy atom. The first kappa shape index (κ1) is 9.13. The number of ketones is 1. The van der Waals surface area contributed by atoms with Crippen LogP contribution in [-0.4, -0.2) is 10.8 Å². The first-order valence-corrected chi connectivity index (χ1v) is 4.58. The minimum atomic E-state index is 0.0648. The highest BCUT2D eigenvalue weighted by Gasteiger charge is 2.07. The average Bonchev–Trinajstić information content (AvgIpc) is 2.33. The van der Waals surface area contributed by atoms with Crippen molar-refractivity contribution in [2.24, 2.45) is 0 Å². The number of aryl methyl sites for hydroxylation is 1. The van der Waals surface area contributed by atoms with Crippen molar-refractivity contribution >= 4 is 17.1 Å². The van der Waals surface area contributed by atoms with E-state index in [1.165, 1.54) is 11.3 Å². The molecule has 12 heavy (non-hydrogen) atoms. The molecule has 0 radical (unpaired) electrons. The van der Waals surface area contributed by atoms with Crippen LogP contribution in [0.4, 0.5) is 0 Å². The van der Waals surface area contributed by atoms with Gasteiger partial charge in [-0.2, -0.15) is 0 Å². The van der Waals surface area contributed by atoms with Crippen LogP contribution in [0.15, 0.2) is 17.2 Å². The van der Waals surface area contributed by atoms with Gasteiger partial charge in [-0.15, -0.1) is 11.3 Å². The maximum absolute atomic E-state index is 11.4. The van der Waals surface area contributed by atoms with Gasteiger partial charge >= 0.3 is 0 Å². The van der Waals surface area contributed by atoms with E-state index in [1.807, 2.05) is 20.8 Å². The van der Waals surface area contributed by atoms with Crippen LogP contribution >= 0.6 is 11.3 Å². The lowest BCUT2D eigenvalue weighted by molar-refractivity contribution is 0.104. The first-order chi connectivity index (χ1) is 5.61. The van der Waals surface area contributed by atoms with Gasteiger partial charge in [0.05, 0.1) is 16.1 Å². The molecule has 64 valence electrons. The molecule has 0 saturated carbocycles. The fraction of sp³-hybridized carbons (Fsp3) is 0.333. The fourth-order valence-corrected chi connectivity index (χ4v) is 1.58. The average molecular weight is 181 g/mol. The van der Waals surface area contributed by atoms with Crippen LogP contribution in [0, 0.1) is 6.92 Å². The van der Waals surface area contributed by atoms with Crippen LogP contribution in [0.25, 0.3) is 0 Å². The molecule has 0 saturated heterocycles. The Labute approximate surface area is 76.0 Å². The molecule has 1 aromatic rings. The Bertz CT molecular complexity index is 321. The molecule has 0 aliphatic heterocycles. The maximum atomic E-state index is 11.4. The molecule has 2 nitrogen and oxygen atoms in total. The zero-order valence-electron chi connectivity index (χ0n) is 7.42. The quantitative estimate of drug-likeness (QED) is 0.518. The molecule has 0 bridgehead atoms. The van der Waals surface area contributed by atoms with Crippen LogP contribution in [0.2, 0.25) is 0 Å². The molecule has 0 spiro atoms. The van der Waals surface area contributed by atoms with Gasteiger partial charge in [-0.3, -0.25) is 4.79 Å². The Hall–Kier alpha value is -0.960. The van der Waals surface area contributed by atoms with Crippen molar-refractivity contribution in [3.8, 4) is 0 Å². The number of hydrogen-bond acceptors (Lipinski definition) is 3. The Morgan fingerprint density at radius 3 is 2.67 bits per heavy atom. The van der Waals surface area contributed by atoms with E-state index in [2.05, 4.69) is 4.98 Å². The molecule has 0 aliphatic rings. The largest absolute Gasteiger partial charge is 0.288 e. The summed E-state index contributed by atoms with van der Waals surface area (Å²) in [6.07, 6.45) is 1.64. The fourth-order valence-electron chi connectivity index (χ4n) is 0.866. The highest BCUT2D eigenvalue weighted by molar-refractivity contribution is 7.12. The van der Waals surface area contributed by atoms with Gasteiger partial charge in [-0.1, -0.05) is 5.57 Å². The number of carbonyl (C=O) groups is 1. The molecule has 0 atom stereocenters. The summed E-state index contributed by atoms with van der Waals surface area (Å²) in [7, 11) is 0. The topological polar surface area (TPSA) is 30.0 Å². The minimum Gasteiger partial charge on any atom is -0.288 e. The van der Waals surface area contributed by atoms with Crippen LogP contribution in [-0.2, 0) is 0 Å². The number of carbonyl (C=O) groups excluding carboxylic acids is 1. The van der Waals surface area contributed by atoms with Gasteiger partial charge < -0.3 is 0 Å². The van der Waals surface area contributed by atoms with Crippen molar-refractivity contribution in [3.05, 3.63) is 27.7 Å². The molecule has 0 N–H and O–H groups in total. The van der Waals surface area contributed by atoms with E-state index in [4.69, 9.17) is 0 Å². The van der Waals surface area contributed by atoms with Gasteiger partial charge in [0.1, 0.15) is 0 Å². The monoisotopic (exact) mass is 181 g/mol. The zero-order valence-corrected chi connectivity index (χ0v) is 8.23. The van der Waals surface area contributed by atoms with Crippen molar-refractivity contribution < 1.29 is 4.79 Å². The summed E-state index contributed by atoms with van der Waals surface area (Å²) in [6, 6.07) is 0. The normalized spacial score (nSPS) is 9.58. The Kier molecular flexibility index (Phi) is 2.76. The van der Waals surface area contributed by atoms with E-state index in [-0.39, 0.29) is 5.78 Å². The smallest absolute Gasteiger partial charge is 0.197 e. The number of rotatable bonds is 2. The van der Waals surface area contributed by atoms with E-state index in [0.29, 0.717) is 0 Å². The zero-order chi connectivity index (χ0) is 9.14. The molecule has 0 aliphatic carbocycles. The number of nitrogens with zero attached hydrogens (tertiary/aromatic N) is 1. The van der Waals surface area contributed by atoms with Crippen LogP contribution in [0.1, 0.15) is 29.2 Å². The molecule has 1 rings (SSSR count). The lowest BCUT2D eigenvalue weighted by Crippen LogP contribution is -1.94. The number of thiazole rings is 1. The Morgan fingerprint density at radius 2 is 2.25 bits per heavy atom. The summed E-state index contributed by atoms with van der Waals surface area (Å²) in [5.74, 6) is 0.0648. The van der Waals surface area contributed by atoms with Gasteiger partial charge in [0.15, 0.2) is 5.78 Å². The van der Waals surface area contributed by atoms with E-state index in [9.17, 15) is 4.79 Å². The maximum Gasteiger partial charge on any atom is 0.197 e. The van der Waals surface area contributed by atoms with Gasteiger partial charge in [0.25, 0.3) is 0 Å². The van der Waals surface area contributed by atoms with Gasteiger partial charge in [-0.25, -0.2) is 4.98 Å². The standard InChI is InChI=1S/C9H11NOS/c1-6(2)4-8(11)9-7(3)10-5-12-9/h4-5H,1-3H3. The van der Waals surface area contributed by atoms with Crippen molar-refractivity contribution in [1.29, 1.82) is 0 Å². The van der Waals surface area contributed by atoms with Gasteiger partial charge in [0.2, 0.25) is 0 Å². The Balaban J connectivity index is 2.93. The second-order valence-corrected chi connectivity index (χ2v) is 3.71. The van der Waals surface area contributed by atoms with E-state index < -0.39 is 0 Å². The van der Waals surface area contributed by atoms with Crippen molar-refractivity contribution in [2.45, 2.75) is 20.8 Å². The van der Waals surface area contributed by atoms with Crippen LogP contribution < -0.4 is 0 Å². The van der Waals surface area contributed by atoms with Crippen molar-refractivity contribution in [2.75, 3.05) is 0 Å². The van der Waals surface area contributed by atoms with Crippen molar-refractivity contribution in [1.82, 2.24) is 4.98 Å². The predicted octanol–water partition coefficient (Wildman–Crippen LogP) is 2.60. The molecule has 0 amide bonds. The summed E-state index contributed by atoms with van der Waals surface area (Å²) in [4.78, 5) is 16.2. The van der Waals surface area contributed by atoms with Gasteiger partial charge in [0, 0.05) is 0 Å². The lowest BCUT2D eigenvalue weighted by Gasteiger charge is -1.91. The molecule has 1 heterocycles. The van der Waals surface area contributed by atoms with Gasteiger partial charge in [-0.05, 0) is 26.8 Å². The molecule has 0 aromatic carbocycles. The lowest BCUT2D eigenvalue weighted by atomic mass is 10.2. The summed E-state index contributed by atoms with van der Waals surface area (Å²) < 4.78 is 0. The second kappa shape index (κ2) is 3.63. The van der Waals surface area contributed by atoms with E-state index >= 15 is 0 Å². The molecule has 0 unspecified atom stereocenters. The third-order valence-electron chi connectivity index (χ3n) is 1.39. The summed E-state index contributed by atoms with van der Waals surface area (Å²) in [5.41, 5.74) is 3.54. The highest BCUT2D eigenvalue weighted by atomic mass is 32.1. The molecule has 3 heteroatoms. The highest BCUT2D eigenvalue weighted by Crippen LogP contribution is 2.13. The number of allylic oxidation sites excluding steroid dienone is 2. The molecule has 0 fully saturated rings. The molecular formula is C9H11NOS. The molecule has 1 aromatic heterocycles. The van der Waals surface area contributed by atoms with E-state index in [0.717, 1.165) is 16.1 Å². The van der Waals surface area contributed by atoms with Crippen LogP contribution in [0.5, 0.6) is 0 Å². The van der Waals surface area contributed by atoms with Crippen molar-refractivity contribution in [3.63, 3.8) is 0 Å². The summed E-state index contributed by atoms with van der Waals surface area (Å²) in [6.45, 7) is 5.67. The number of aromatic nitrogens is 1.